The van der Waals surface area contributed by atoms with Crippen LogP contribution in [-0.2, 0) is 25.9 Å². The van der Waals surface area contributed by atoms with E-state index in [0.29, 0.717) is 23.9 Å². The first-order valence-electron chi connectivity index (χ1n) is 7.55. The van der Waals surface area contributed by atoms with E-state index in [9.17, 15) is 9.59 Å². The van der Waals surface area contributed by atoms with E-state index in [-0.39, 0.29) is 11.1 Å². The minimum Gasteiger partial charge on any atom is -0.267 e. The molecule has 1 aliphatic carbocycles. The van der Waals surface area contributed by atoms with Crippen LogP contribution in [0.1, 0.15) is 36.8 Å². The molecular weight excluding hydrogens is 252 g/mol. The van der Waals surface area contributed by atoms with E-state index in [2.05, 4.69) is 0 Å². The summed E-state index contributed by atoms with van der Waals surface area (Å²) in [5.74, 6) is 0. The molecule has 2 heterocycles. The second-order valence-corrected chi connectivity index (χ2v) is 5.94. The fraction of sp³-hybridized carbons (Fsp3) is 0.500. The second-order valence-electron chi connectivity index (χ2n) is 5.94. The average Bonchev–Trinajstić information content (AvgIpc) is 2.51. The summed E-state index contributed by atoms with van der Waals surface area (Å²) < 4.78 is 3.28. The van der Waals surface area contributed by atoms with Crippen LogP contribution >= 0.6 is 0 Å². The van der Waals surface area contributed by atoms with E-state index in [1.54, 1.807) is 9.36 Å². The Morgan fingerprint density at radius 3 is 1.60 bits per heavy atom. The first-order chi connectivity index (χ1) is 9.75. The van der Waals surface area contributed by atoms with E-state index >= 15 is 0 Å². The molecule has 1 aliphatic heterocycles. The van der Waals surface area contributed by atoms with Crippen LogP contribution in [0.3, 0.4) is 0 Å². The van der Waals surface area contributed by atoms with Crippen molar-refractivity contribution in [1.29, 1.82) is 0 Å². The first kappa shape index (κ1) is 11.9. The van der Waals surface area contributed by atoms with Crippen molar-refractivity contribution < 1.29 is 0 Å². The van der Waals surface area contributed by atoms with E-state index in [1.807, 2.05) is 12.1 Å². The summed E-state index contributed by atoms with van der Waals surface area (Å²) in [7, 11) is 0. The Morgan fingerprint density at radius 1 is 0.700 bits per heavy atom. The third-order valence-electron chi connectivity index (χ3n) is 4.69. The number of aryl methyl sites for hydroxylation is 2. The number of rotatable bonds is 0. The molecule has 0 saturated carbocycles. The third kappa shape index (κ3) is 1.60. The van der Waals surface area contributed by atoms with Gasteiger partial charge in [0.1, 0.15) is 0 Å². The van der Waals surface area contributed by atoms with Gasteiger partial charge < -0.3 is 0 Å². The van der Waals surface area contributed by atoms with Crippen molar-refractivity contribution in [2.75, 3.05) is 0 Å². The van der Waals surface area contributed by atoms with E-state index in [4.69, 9.17) is 0 Å². The standard InChI is InChI=1S/C16H18N2O2/c19-15-13-9-11-5-1-2-6-12(11)10-14(13)16(20)18-8-4-3-7-17(15)18/h9-10H,1-8H2. The molecule has 104 valence electrons. The van der Waals surface area contributed by atoms with Gasteiger partial charge in [-0.15, -0.1) is 0 Å². The highest BCUT2D eigenvalue weighted by molar-refractivity contribution is 5.82. The van der Waals surface area contributed by atoms with Crippen molar-refractivity contribution >= 4 is 10.8 Å². The number of fused-ring (bicyclic) bond motifs is 3. The first-order valence-corrected chi connectivity index (χ1v) is 7.55. The molecule has 0 fully saturated rings. The molecule has 4 nitrogen and oxygen atoms in total. The van der Waals surface area contributed by atoms with Crippen LogP contribution in [-0.4, -0.2) is 9.36 Å². The molecule has 0 bridgehead atoms. The molecule has 1 aromatic heterocycles. The summed E-state index contributed by atoms with van der Waals surface area (Å²) in [6, 6.07) is 3.96. The fourth-order valence-corrected chi connectivity index (χ4v) is 3.60. The van der Waals surface area contributed by atoms with Crippen molar-refractivity contribution in [2.24, 2.45) is 0 Å². The molecule has 2 aliphatic rings. The molecule has 0 spiro atoms. The zero-order valence-electron chi connectivity index (χ0n) is 11.5. The van der Waals surface area contributed by atoms with Crippen molar-refractivity contribution in [2.45, 2.75) is 51.6 Å². The van der Waals surface area contributed by atoms with E-state index in [0.717, 1.165) is 25.7 Å². The average molecular weight is 270 g/mol. The molecule has 0 unspecified atom stereocenters. The lowest BCUT2D eigenvalue weighted by molar-refractivity contribution is 0.337. The van der Waals surface area contributed by atoms with Crippen molar-refractivity contribution in [1.82, 2.24) is 9.36 Å². The number of nitrogens with zero attached hydrogens (tertiary/aromatic N) is 2. The van der Waals surface area contributed by atoms with Gasteiger partial charge in [-0.25, -0.2) is 9.36 Å². The van der Waals surface area contributed by atoms with Gasteiger partial charge in [0.25, 0.3) is 11.1 Å². The van der Waals surface area contributed by atoms with Crippen LogP contribution < -0.4 is 11.1 Å². The van der Waals surface area contributed by atoms with Gasteiger partial charge in [0.05, 0.1) is 10.8 Å². The number of aromatic nitrogens is 2. The van der Waals surface area contributed by atoms with Crippen LogP contribution in [0.5, 0.6) is 0 Å². The number of benzene rings is 1. The number of hydrogen-bond acceptors (Lipinski definition) is 2. The minimum absolute atomic E-state index is 0.00711. The molecule has 2 aromatic rings. The van der Waals surface area contributed by atoms with Crippen molar-refractivity contribution in [3.8, 4) is 0 Å². The molecule has 4 rings (SSSR count). The van der Waals surface area contributed by atoms with Gasteiger partial charge >= 0.3 is 0 Å². The largest absolute Gasteiger partial charge is 0.273 e. The quantitative estimate of drug-likeness (QED) is 0.733. The van der Waals surface area contributed by atoms with Crippen LogP contribution in [0.2, 0.25) is 0 Å². The van der Waals surface area contributed by atoms with Crippen LogP contribution in [0.4, 0.5) is 0 Å². The van der Waals surface area contributed by atoms with E-state index < -0.39 is 0 Å². The zero-order valence-corrected chi connectivity index (χ0v) is 11.5. The lowest BCUT2D eigenvalue weighted by Gasteiger charge is -2.22. The maximum absolute atomic E-state index is 12.6. The molecule has 0 saturated heterocycles. The summed E-state index contributed by atoms with van der Waals surface area (Å²) in [5, 5.41) is 1.24. The molecule has 1 aromatic carbocycles. The Balaban J connectivity index is 2.11. The predicted octanol–water partition coefficient (Wildman–Crippen LogP) is 1.84. The normalized spacial score (nSPS) is 17.8. The fourth-order valence-electron chi connectivity index (χ4n) is 3.60. The second kappa shape index (κ2) is 4.33. The molecular formula is C16H18N2O2. The van der Waals surface area contributed by atoms with Crippen LogP contribution in [0.25, 0.3) is 10.8 Å². The predicted molar refractivity (Wildman–Crippen MR) is 78.3 cm³/mol. The topological polar surface area (TPSA) is 44.0 Å². The summed E-state index contributed by atoms with van der Waals surface area (Å²) in [5.41, 5.74) is 2.54. The Bertz CT molecular complexity index is 745. The minimum atomic E-state index is 0.00711. The van der Waals surface area contributed by atoms with Gasteiger partial charge in [-0.2, -0.15) is 0 Å². The van der Waals surface area contributed by atoms with Crippen molar-refractivity contribution in [3.05, 3.63) is 44.0 Å². The summed E-state index contributed by atoms with van der Waals surface area (Å²) in [4.78, 5) is 25.2. The molecule has 0 atom stereocenters. The Kier molecular flexibility index (Phi) is 2.59. The maximum atomic E-state index is 12.6. The van der Waals surface area contributed by atoms with Gasteiger partial charge in [0.2, 0.25) is 0 Å². The highest BCUT2D eigenvalue weighted by Crippen LogP contribution is 2.24. The highest BCUT2D eigenvalue weighted by Gasteiger charge is 2.18. The molecule has 0 N–H and O–H groups in total. The van der Waals surface area contributed by atoms with Crippen LogP contribution in [0, 0.1) is 0 Å². The van der Waals surface area contributed by atoms with Gasteiger partial charge in [0, 0.05) is 13.1 Å². The number of hydrogen-bond donors (Lipinski definition) is 0. The molecule has 0 radical (unpaired) electrons. The smallest absolute Gasteiger partial charge is 0.267 e. The third-order valence-corrected chi connectivity index (χ3v) is 4.69. The molecule has 0 amide bonds. The Hall–Kier alpha value is -1.84. The lowest BCUT2D eigenvalue weighted by Crippen LogP contribution is -2.41. The Labute approximate surface area is 116 Å². The Morgan fingerprint density at radius 2 is 1.15 bits per heavy atom. The molecule has 4 heteroatoms. The zero-order chi connectivity index (χ0) is 13.7. The monoisotopic (exact) mass is 270 g/mol. The molecule has 20 heavy (non-hydrogen) atoms. The summed E-state index contributed by atoms with van der Waals surface area (Å²) in [6.45, 7) is 1.34. The van der Waals surface area contributed by atoms with Gasteiger partial charge in [-0.05, 0) is 61.8 Å². The van der Waals surface area contributed by atoms with Gasteiger partial charge in [-0.1, -0.05) is 0 Å². The summed E-state index contributed by atoms with van der Waals surface area (Å²) >= 11 is 0. The van der Waals surface area contributed by atoms with Crippen molar-refractivity contribution in [3.63, 3.8) is 0 Å². The summed E-state index contributed by atoms with van der Waals surface area (Å²) in [6.07, 6.45) is 6.40. The maximum Gasteiger partial charge on any atom is 0.273 e. The van der Waals surface area contributed by atoms with Gasteiger partial charge in [0.15, 0.2) is 0 Å². The highest BCUT2D eigenvalue weighted by atomic mass is 16.2. The van der Waals surface area contributed by atoms with Crippen LogP contribution in [0.15, 0.2) is 21.7 Å². The SMILES string of the molecule is O=c1c2cc3c(cc2c(=O)n2n1CCCC2)CCCC3. The lowest BCUT2D eigenvalue weighted by atomic mass is 9.90. The van der Waals surface area contributed by atoms with E-state index in [1.165, 1.54) is 24.0 Å². The van der Waals surface area contributed by atoms with Gasteiger partial charge in [-0.3, -0.25) is 9.59 Å².